The maximum Gasteiger partial charge on any atom is 0.247 e. The average Bonchev–Trinajstić information content (AvgIpc) is 3.11. The molecule has 2 unspecified atom stereocenters. The molecule has 0 aromatic carbocycles. The largest absolute Gasteiger partial charge is 0.354 e. The number of hydrogen-bond acceptors (Lipinski definition) is 5. The van der Waals surface area contributed by atoms with Gasteiger partial charge in [-0.25, -0.2) is 13.6 Å². The van der Waals surface area contributed by atoms with E-state index in [4.69, 9.17) is 5.14 Å². The van der Waals surface area contributed by atoms with E-state index >= 15 is 0 Å². The third-order valence-electron chi connectivity index (χ3n) is 3.63. The fraction of sp³-hybridized carbons (Fsp3) is 0.615. The number of thioether (sulfide) groups is 1. The molecule has 1 fully saturated rings. The normalized spacial score (nSPS) is 21.8. The number of nitrogens with zero attached hydrogens (tertiary/aromatic N) is 1. The van der Waals surface area contributed by atoms with E-state index in [0.717, 1.165) is 28.9 Å². The smallest absolute Gasteiger partial charge is 0.247 e. The summed E-state index contributed by atoms with van der Waals surface area (Å²) in [5.41, 5.74) is 0. The van der Waals surface area contributed by atoms with E-state index in [1.165, 1.54) is 23.8 Å². The topological polar surface area (TPSA) is 96.6 Å². The Balaban J connectivity index is 0.00000264. The summed E-state index contributed by atoms with van der Waals surface area (Å²) in [4.78, 5) is 5.13. The van der Waals surface area contributed by atoms with E-state index in [2.05, 4.69) is 21.9 Å². The summed E-state index contributed by atoms with van der Waals surface area (Å²) < 4.78 is 22.7. The third kappa shape index (κ3) is 6.40. The summed E-state index contributed by atoms with van der Waals surface area (Å²) in [6.45, 7) is 0.526. The van der Waals surface area contributed by atoms with Crippen LogP contribution >= 0.6 is 47.1 Å². The molecule has 0 saturated heterocycles. The Hall–Kier alpha value is -0.0400. The molecule has 2 atom stereocenters. The van der Waals surface area contributed by atoms with E-state index in [0.29, 0.717) is 12.6 Å². The van der Waals surface area contributed by atoms with Crippen LogP contribution in [-0.4, -0.2) is 39.0 Å². The van der Waals surface area contributed by atoms with Gasteiger partial charge in [-0.2, -0.15) is 11.8 Å². The number of nitrogens with two attached hydrogens (primary N) is 1. The maximum absolute atomic E-state index is 11.3. The highest BCUT2D eigenvalue weighted by molar-refractivity contribution is 14.0. The van der Waals surface area contributed by atoms with Crippen LogP contribution in [0, 0.1) is 0 Å². The van der Waals surface area contributed by atoms with E-state index < -0.39 is 10.0 Å². The molecule has 6 nitrogen and oxygen atoms in total. The Labute approximate surface area is 163 Å². The molecule has 0 radical (unpaired) electrons. The average molecular weight is 490 g/mol. The van der Waals surface area contributed by atoms with Gasteiger partial charge in [-0.05, 0) is 37.7 Å². The minimum Gasteiger partial charge on any atom is -0.354 e. The summed E-state index contributed by atoms with van der Waals surface area (Å²) in [7, 11) is -1.87. The molecular weight excluding hydrogens is 467 g/mol. The first-order chi connectivity index (χ1) is 10.4. The fourth-order valence-corrected chi connectivity index (χ4v) is 4.97. The van der Waals surface area contributed by atoms with Crippen molar-refractivity contribution in [1.82, 2.24) is 10.6 Å². The second kappa shape index (κ2) is 9.44. The summed E-state index contributed by atoms with van der Waals surface area (Å²) in [6, 6.07) is 3.75. The first-order valence-corrected chi connectivity index (χ1v) is 10.7. The quantitative estimate of drug-likeness (QED) is 0.333. The molecule has 4 N–H and O–H groups in total. The number of sulfonamides is 1. The van der Waals surface area contributed by atoms with Crippen LogP contribution in [0.15, 0.2) is 21.3 Å². The van der Waals surface area contributed by atoms with Crippen LogP contribution in [0.4, 0.5) is 0 Å². The lowest BCUT2D eigenvalue weighted by Crippen LogP contribution is -2.42. The van der Waals surface area contributed by atoms with Crippen molar-refractivity contribution in [2.24, 2.45) is 10.1 Å². The van der Waals surface area contributed by atoms with Crippen molar-refractivity contribution in [3.05, 3.63) is 17.0 Å². The van der Waals surface area contributed by atoms with Crippen LogP contribution in [-0.2, 0) is 16.6 Å². The van der Waals surface area contributed by atoms with Crippen molar-refractivity contribution in [3.8, 4) is 0 Å². The van der Waals surface area contributed by atoms with Crippen LogP contribution in [0.3, 0.4) is 0 Å². The molecular formula is C13H23IN4O2S3. The molecule has 23 heavy (non-hydrogen) atoms. The number of primary sulfonamides is 1. The summed E-state index contributed by atoms with van der Waals surface area (Å²) >= 11 is 3.10. The minimum absolute atomic E-state index is 0. The van der Waals surface area contributed by atoms with Crippen LogP contribution < -0.4 is 15.8 Å². The molecule has 132 valence electrons. The molecule has 1 aromatic heterocycles. The maximum atomic E-state index is 11.3. The van der Waals surface area contributed by atoms with Gasteiger partial charge in [0.25, 0.3) is 0 Å². The van der Waals surface area contributed by atoms with Crippen molar-refractivity contribution < 1.29 is 8.42 Å². The molecule has 1 aliphatic rings. The van der Waals surface area contributed by atoms with Crippen molar-refractivity contribution in [2.75, 3.05) is 13.3 Å². The standard InChI is InChI=1S/C13H22N4O2S3.HI/c1-15-13(17-9-3-4-10(7-9)20-2)16-8-11-5-6-12(21-11)22(14,18)19;/h5-6,9-10H,3-4,7-8H2,1-2H3,(H2,14,18,19)(H2,15,16,17);1H. The fourth-order valence-electron chi connectivity index (χ4n) is 2.45. The highest BCUT2D eigenvalue weighted by atomic mass is 127. The molecule has 1 heterocycles. The van der Waals surface area contributed by atoms with Gasteiger partial charge in [0.15, 0.2) is 5.96 Å². The van der Waals surface area contributed by atoms with Gasteiger partial charge < -0.3 is 10.6 Å². The number of rotatable bonds is 5. The van der Waals surface area contributed by atoms with Crippen LogP contribution in [0.5, 0.6) is 0 Å². The zero-order valence-electron chi connectivity index (χ0n) is 13.1. The molecule has 0 aliphatic heterocycles. The SMILES string of the molecule is CN=C(NCc1ccc(S(N)(=O)=O)s1)NC1CCC(SC)C1.I. The number of aliphatic imine (C=N–C) groups is 1. The van der Waals surface area contributed by atoms with Gasteiger partial charge in [0, 0.05) is 23.2 Å². The molecule has 1 aromatic rings. The van der Waals surface area contributed by atoms with Gasteiger partial charge in [0.2, 0.25) is 10.0 Å². The Morgan fingerprint density at radius 3 is 2.74 bits per heavy atom. The Bertz CT molecular complexity index is 633. The third-order valence-corrected chi connectivity index (χ3v) is 7.25. The van der Waals surface area contributed by atoms with Crippen LogP contribution in [0.25, 0.3) is 0 Å². The predicted octanol–water partition coefficient (Wildman–Crippen LogP) is 1.96. The van der Waals surface area contributed by atoms with E-state index in [1.807, 2.05) is 11.8 Å². The van der Waals surface area contributed by atoms with E-state index in [-0.39, 0.29) is 28.2 Å². The van der Waals surface area contributed by atoms with Gasteiger partial charge in [0.1, 0.15) is 4.21 Å². The number of thiophene rings is 1. The molecule has 1 aliphatic carbocycles. The van der Waals surface area contributed by atoms with Gasteiger partial charge in [-0.3, -0.25) is 4.99 Å². The molecule has 0 amide bonds. The van der Waals surface area contributed by atoms with Crippen LogP contribution in [0.2, 0.25) is 0 Å². The number of guanidine groups is 1. The Morgan fingerprint density at radius 2 is 2.22 bits per heavy atom. The molecule has 1 saturated carbocycles. The predicted molar refractivity (Wildman–Crippen MR) is 109 cm³/mol. The lowest BCUT2D eigenvalue weighted by Gasteiger charge is -2.17. The summed E-state index contributed by atoms with van der Waals surface area (Å²) in [5.74, 6) is 0.748. The first kappa shape index (κ1) is 21.0. The summed E-state index contributed by atoms with van der Waals surface area (Å²) in [6.07, 6.45) is 5.69. The van der Waals surface area contributed by atoms with Gasteiger partial charge in [0.05, 0.1) is 6.54 Å². The van der Waals surface area contributed by atoms with E-state index in [1.54, 1.807) is 13.1 Å². The molecule has 0 spiro atoms. The second-order valence-electron chi connectivity index (χ2n) is 5.20. The molecule has 10 heteroatoms. The Morgan fingerprint density at radius 1 is 1.48 bits per heavy atom. The second-order valence-corrected chi connectivity index (χ2v) is 9.30. The van der Waals surface area contributed by atoms with Crippen molar-refractivity contribution in [1.29, 1.82) is 0 Å². The van der Waals surface area contributed by atoms with Crippen molar-refractivity contribution in [3.63, 3.8) is 0 Å². The zero-order chi connectivity index (χ0) is 16.2. The lowest BCUT2D eigenvalue weighted by molar-refractivity contribution is 0.600. The highest BCUT2D eigenvalue weighted by Crippen LogP contribution is 2.28. The lowest BCUT2D eigenvalue weighted by atomic mass is 10.2. The zero-order valence-corrected chi connectivity index (χ0v) is 17.9. The molecule has 0 bridgehead atoms. The van der Waals surface area contributed by atoms with E-state index in [9.17, 15) is 8.42 Å². The minimum atomic E-state index is -3.61. The first-order valence-electron chi connectivity index (χ1n) is 7.04. The Kier molecular flexibility index (Phi) is 8.63. The van der Waals surface area contributed by atoms with Crippen LogP contribution in [0.1, 0.15) is 24.1 Å². The number of nitrogens with one attached hydrogen (secondary N) is 2. The summed E-state index contributed by atoms with van der Waals surface area (Å²) in [5, 5.41) is 12.5. The van der Waals surface area contributed by atoms with Gasteiger partial charge >= 0.3 is 0 Å². The molecule has 2 rings (SSSR count). The van der Waals surface area contributed by atoms with Crippen molar-refractivity contribution in [2.45, 2.75) is 41.3 Å². The monoisotopic (exact) mass is 490 g/mol. The number of hydrogen-bond donors (Lipinski definition) is 3. The van der Waals surface area contributed by atoms with Gasteiger partial charge in [-0.15, -0.1) is 35.3 Å². The number of halogens is 1. The van der Waals surface area contributed by atoms with Crippen molar-refractivity contribution >= 4 is 63.1 Å². The van der Waals surface area contributed by atoms with Gasteiger partial charge in [-0.1, -0.05) is 0 Å². The highest BCUT2D eigenvalue weighted by Gasteiger charge is 2.24.